The highest BCUT2D eigenvalue weighted by Gasteiger charge is 2.23. The number of aliphatic hydroxyl groups is 1. The Morgan fingerprint density at radius 1 is 1.50 bits per heavy atom. The molecule has 1 aliphatic carbocycles. The van der Waals surface area contributed by atoms with E-state index >= 15 is 0 Å². The van der Waals surface area contributed by atoms with Gasteiger partial charge >= 0.3 is 0 Å². The van der Waals surface area contributed by atoms with Gasteiger partial charge in [0.05, 0.1) is 11.2 Å². The molecule has 1 aromatic heterocycles. The van der Waals surface area contributed by atoms with Gasteiger partial charge in [0.25, 0.3) is 5.56 Å². The summed E-state index contributed by atoms with van der Waals surface area (Å²) >= 11 is 5.98. The molecule has 0 bridgehead atoms. The van der Waals surface area contributed by atoms with Gasteiger partial charge in [0.15, 0.2) is 0 Å². The molecule has 0 saturated heterocycles. The first kappa shape index (κ1) is 13.4. The molecule has 0 unspecified atom stereocenters. The van der Waals surface area contributed by atoms with Gasteiger partial charge in [-0.15, -0.1) is 0 Å². The lowest BCUT2D eigenvalue weighted by molar-refractivity contribution is 0.286. The van der Waals surface area contributed by atoms with E-state index in [-0.39, 0.29) is 12.2 Å². The van der Waals surface area contributed by atoms with Gasteiger partial charge in [-0.25, -0.2) is 4.68 Å². The zero-order valence-electron chi connectivity index (χ0n) is 10.2. The summed E-state index contributed by atoms with van der Waals surface area (Å²) in [5.74, 6) is 0.596. The van der Waals surface area contributed by atoms with Crippen LogP contribution in [-0.4, -0.2) is 28.0 Å². The molecule has 0 spiro atoms. The highest BCUT2D eigenvalue weighted by atomic mass is 35.5. The second-order valence-corrected chi connectivity index (χ2v) is 5.06. The second kappa shape index (κ2) is 6.20. The molecule has 100 valence electrons. The molecule has 1 saturated carbocycles. The van der Waals surface area contributed by atoms with E-state index in [4.69, 9.17) is 16.7 Å². The Kier molecular flexibility index (Phi) is 4.60. The maximum atomic E-state index is 12.1. The van der Waals surface area contributed by atoms with E-state index in [0.717, 1.165) is 6.42 Å². The molecule has 0 radical (unpaired) electrons. The highest BCUT2D eigenvalue weighted by molar-refractivity contribution is 6.32. The van der Waals surface area contributed by atoms with Crippen LogP contribution in [0.3, 0.4) is 0 Å². The smallest absolute Gasteiger partial charge is 0.291 e. The fraction of sp³-hybridized carbons (Fsp3) is 0.667. The van der Waals surface area contributed by atoms with Gasteiger partial charge in [0, 0.05) is 19.7 Å². The number of halogens is 1. The van der Waals surface area contributed by atoms with Crippen molar-refractivity contribution in [2.24, 2.45) is 5.92 Å². The van der Waals surface area contributed by atoms with Gasteiger partial charge in [0.2, 0.25) is 0 Å². The van der Waals surface area contributed by atoms with Crippen LogP contribution in [0.25, 0.3) is 0 Å². The van der Waals surface area contributed by atoms with Gasteiger partial charge in [0.1, 0.15) is 5.69 Å². The van der Waals surface area contributed by atoms with E-state index in [0.29, 0.717) is 36.1 Å². The molecule has 1 aliphatic rings. The summed E-state index contributed by atoms with van der Waals surface area (Å²) in [6.07, 6.45) is 5.38. The standard InChI is InChI=1S/C12H18ClN3O2/c13-10-7-15-16(8-9-3-4-9)12(18)11(10)14-5-1-2-6-17/h7,9,14,17H,1-6,8H2. The minimum absolute atomic E-state index is 0.154. The van der Waals surface area contributed by atoms with Crippen LogP contribution < -0.4 is 10.9 Å². The lowest BCUT2D eigenvalue weighted by Gasteiger charge is -2.10. The number of hydrogen-bond donors (Lipinski definition) is 2. The summed E-state index contributed by atoms with van der Waals surface area (Å²) < 4.78 is 1.48. The molecule has 0 aromatic carbocycles. The van der Waals surface area contributed by atoms with Crippen LogP contribution in [0.15, 0.2) is 11.0 Å². The molecule has 2 N–H and O–H groups in total. The van der Waals surface area contributed by atoms with Crippen molar-refractivity contribution in [3.63, 3.8) is 0 Å². The Hall–Kier alpha value is -1.07. The summed E-state index contributed by atoms with van der Waals surface area (Å²) in [7, 11) is 0. The van der Waals surface area contributed by atoms with Crippen LogP contribution in [0.1, 0.15) is 25.7 Å². The predicted molar refractivity (Wildman–Crippen MR) is 71.0 cm³/mol. The maximum absolute atomic E-state index is 12.1. The fourth-order valence-electron chi connectivity index (χ4n) is 1.75. The SMILES string of the molecule is O=c1c(NCCCCO)c(Cl)cnn1CC1CC1. The van der Waals surface area contributed by atoms with Crippen LogP contribution >= 0.6 is 11.6 Å². The molecular weight excluding hydrogens is 254 g/mol. The third kappa shape index (κ3) is 3.46. The Morgan fingerprint density at radius 3 is 2.94 bits per heavy atom. The molecule has 2 rings (SSSR count). The molecule has 0 aliphatic heterocycles. The van der Waals surface area contributed by atoms with Crippen molar-refractivity contribution in [1.29, 1.82) is 0 Å². The molecule has 1 heterocycles. The molecule has 18 heavy (non-hydrogen) atoms. The first-order valence-electron chi connectivity index (χ1n) is 6.32. The normalized spacial score (nSPS) is 14.8. The average molecular weight is 272 g/mol. The minimum atomic E-state index is -0.154. The highest BCUT2D eigenvalue weighted by Crippen LogP contribution is 2.30. The maximum Gasteiger partial charge on any atom is 0.291 e. The van der Waals surface area contributed by atoms with Crippen molar-refractivity contribution in [1.82, 2.24) is 9.78 Å². The first-order valence-corrected chi connectivity index (χ1v) is 6.70. The molecule has 0 amide bonds. The number of rotatable bonds is 7. The number of unbranched alkanes of at least 4 members (excludes halogenated alkanes) is 1. The summed E-state index contributed by atoms with van der Waals surface area (Å²) in [6, 6.07) is 0. The quantitative estimate of drug-likeness (QED) is 0.738. The van der Waals surface area contributed by atoms with Gasteiger partial charge in [-0.2, -0.15) is 5.10 Å². The first-order chi connectivity index (χ1) is 8.72. The Labute approximate surface area is 111 Å². The van der Waals surface area contributed by atoms with Crippen molar-refractivity contribution >= 4 is 17.3 Å². The van der Waals surface area contributed by atoms with Gasteiger partial charge < -0.3 is 10.4 Å². The van der Waals surface area contributed by atoms with Crippen molar-refractivity contribution in [3.8, 4) is 0 Å². The summed E-state index contributed by atoms with van der Waals surface area (Å²) in [5.41, 5.74) is 0.267. The van der Waals surface area contributed by atoms with Crippen LogP contribution in [0, 0.1) is 5.92 Å². The van der Waals surface area contributed by atoms with Gasteiger partial charge in [-0.05, 0) is 31.6 Å². The summed E-state index contributed by atoms with van der Waals surface area (Å²) in [4.78, 5) is 12.1. The van der Waals surface area contributed by atoms with E-state index < -0.39 is 0 Å². The van der Waals surface area contributed by atoms with Crippen molar-refractivity contribution in [2.75, 3.05) is 18.5 Å². The van der Waals surface area contributed by atoms with Crippen molar-refractivity contribution < 1.29 is 5.11 Å². The Balaban J connectivity index is 2.04. The molecular formula is C12H18ClN3O2. The van der Waals surface area contributed by atoms with E-state index in [1.807, 2.05) is 0 Å². The van der Waals surface area contributed by atoms with Crippen molar-refractivity contribution in [3.05, 3.63) is 21.6 Å². The number of anilines is 1. The van der Waals surface area contributed by atoms with Crippen LogP contribution in [-0.2, 0) is 6.54 Å². The monoisotopic (exact) mass is 271 g/mol. The Bertz CT molecular complexity index is 457. The summed E-state index contributed by atoms with van der Waals surface area (Å²) in [5, 5.41) is 16.1. The number of aromatic nitrogens is 2. The second-order valence-electron chi connectivity index (χ2n) is 4.66. The van der Waals surface area contributed by atoms with E-state index in [2.05, 4.69) is 10.4 Å². The van der Waals surface area contributed by atoms with Crippen LogP contribution in [0.4, 0.5) is 5.69 Å². The van der Waals surface area contributed by atoms with Crippen molar-refractivity contribution in [2.45, 2.75) is 32.2 Å². The lowest BCUT2D eigenvalue weighted by atomic mass is 10.3. The minimum Gasteiger partial charge on any atom is -0.396 e. The van der Waals surface area contributed by atoms with E-state index in [9.17, 15) is 4.79 Å². The van der Waals surface area contributed by atoms with E-state index in [1.165, 1.54) is 23.7 Å². The predicted octanol–water partition coefficient (Wildman–Crippen LogP) is 1.49. The third-order valence-corrected chi connectivity index (χ3v) is 3.30. The molecule has 5 nitrogen and oxygen atoms in total. The summed E-state index contributed by atoms with van der Waals surface area (Å²) in [6.45, 7) is 1.47. The van der Waals surface area contributed by atoms with Crippen LogP contribution in [0.5, 0.6) is 0 Å². The number of nitrogens with zero attached hydrogens (tertiary/aromatic N) is 2. The van der Waals surface area contributed by atoms with Gasteiger partial charge in [-0.3, -0.25) is 4.79 Å². The molecule has 0 atom stereocenters. The number of nitrogens with one attached hydrogen (secondary N) is 1. The van der Waals surface area contributed by atoms with Gasteiger partial charge in [-0.1, -0.05) is 11.6 Å². The van der Waals surface area contributed by atoms with Crippen LogP contribution in [0.2, 0.25) is 5.02 Å². The molecule has 6 heteroatoms. The average Bonchev–Trinajstić information content (AvgIpc) is 3.16. The zero-order chi connectivity index (χ0) is 13.0. The molecule has 1 fully saturated rings. The number of hydrogen-bond acceptors (Lipinski definition) is 4. The zero-order valence-corrected chi connectivity index (χ0v) is 11.0. The topological polar surface area (TPSA) is 67.2 Å². The largest absolute Gasteiger partial charge is 0.396 e. The lowest BCUT2D eigenvalue weighted by Crippen LogP contribution is -2.27. The fourth-order valence-corrected chi connectivity index (χ4v) is 1.95. The molecule has 1 aromatic rings. The third-order valence-electron chi connectivity index (χ3n) is 3.01. The number of aliphatic hydroxyl groups excluding tert-OH is 1. The Morgan fingerprint density at radius 2 is 2.28 bits per heavy atom. The van der Waals surface area contributed by atoms with E-state index in [1.54, 1.807) is 0 Å².